The van der Waals surface area contributed by atoms with Crippen molar-refractivity contribution in [2.75, 3.05) is 25.0 Å². The van der Waals surface area contributed by atoms with Crippen LogP contribution in [0.4, 0.5) is 5.82 Å². The summed E-state index contributed by atoms with van der Waals surface area (Å²) in [6, 6.07) is 22.0. The number of halogens is 1. The van der Waals surface area contributed by atoms with Gasteiger partial charge in [0.15, 0.2) is 5.65 Å². The number of sulfonamides is 1. The van der Waals surface area contributed by atoms with Crippen molar-refractivity contribution in [2.45, 2.75) is 17.7 Å². The summed E-state index contributed by atoms with van der Waals surface area (Å²) in [4.78, 5) is 5.01. The smallest absolute Gasteiger partial charge is 0.243 e. The number of benzene rings is 3. The summed E-state index contributed by atoms with van der Waals surface area (Å²) in [5, 5.41) is 20.2. The van der Waals surface area contributed by atoms with E-state index in [0.717, 1.165) is 28.1 Å². The van der Waals surface area contributed by atoms with Gasteiger partial charge in [0.1, 0.15) is 11.6 Å². The van der Waals surface area contributed by atoms with Gasteiger partial charge in [-0.3, -0.25) is 0 Å². The van der Waals surface area contributed by atoms with E-state index in [1.165, 1.54) is 0 Å². The van der Waals surface area contributed by atoms with E-state index in [9.17, 15) is 13.5 Å². The van der Waals surface area contributed by atoms with Crippen LogP contribution in [0.2, 0.25) is 0 Å². The first-order valence-corrected chi connectivity index (χ1v) is 14.7. The molecule has 3 heterocycles. The van der Waals surface area contributed by atoms with Gasteiger partial charge in [-0.1, -0.05) is 42.5 Å². The van der Waals surface area contributed by atoms with Crippen LogP contribution in [0.1, 0.15) is 12.8 Å². The molecule has 8 nitrogen and oxygen atoms in total. The first-order valence-electron chi connectivity index (χ1n) is 12.5. The number of aromatic nitrogens is 3. The highest BCUT2D eigenvalue weighted by molar-refractivity contribution is 9.10. The molecule has 0 saturated carbocycles. The van der Waals surface area contributed by atoms with Crippen LogP contribution in [0.15, 0.2) is 88.4 Å². The Labute approximate surface area is 229 Å². The van der Waals surface area contributed by atoms with E-state index in [0.29, 0.717) is 47.3 Å². The summed E-state index contributed by atoms with van der Waals surface area (Å²) in [5.74, 6) is 0.982. The van der Waals surface area contributed by atoms with E-state index in [-0.39, 0.29) is 11.7 Å². The minimum Gasteiger partial charge on any atom is -0.507 e. The number of para-hydroxylation sites is 1. The Balaban J connectivity index is 1.23. The van der Waals surface area contributed by atoms with Gasteiger partial charge in [-0.15, -0.1) is 0 Å². The summed E-state index contributed by atoms with van der Waals surface area (Å²) in [6.07, 6.45) is 3.39. The zero-order valence-corrected chi connectivity index (χ0v) is 22.9. The Morgan fingerprint density at radius 3 is 2.66 bits per heavy atom. The highest BCUT2D eigenvalue weighted by atomic mass is 79.9. The molecule has 5 aromatic rings. The lowest BCUT2D eigenvalue weighted by atomic mass is 10.00. The monoisotopic (exact) mass is 591 g/mol. The van der Waals surface area contributed by atoms with Gasteiger partial charge >= 0.3 is 0 Å². The zero-order chi connectivity index (χ0) is 26.3. The molecule has 0 bridgehead atoms. The maximum absolute atomic E-state index is 13.5. The summed E-state index contributed by atoms with van der Waals surface area (Å²) in [7, 11) is -3.60. The normalized spacial score (nSPS) is 16.7. The lowest BCUT2D eigenvalue weighted by molar-refractivity contribution is 0.275. The number of hydrogen-bond donors (Lipinski definition) is 2. The fourth-order valence-corrected chi connectivity index (χ4v) is 6.97. The Morgan fingerprint density at radius 2 is 1.82 bits per heavy atom. The number of phenols is 1. The van der Waals surface area contributed by atoms with Crippen LogP contribution in [0.5, 0.6) is 5.75 Å². The Kier molecular flexibility index (Phi) is 6.55. The lowest BCUT2D eigenvalue weighted by Gasteiger charge is -2.32. The second kappa shape index (κ2) is 10.0. The quantitative estimate of drug-likeness (QED) is 0.269. The molecule has 10 heteroatoms. The maximum Gasteiger partial charge on any atom is 0.243 e. The van der Waals surface area contributed by atoms with Gasteiger partial charge < -0.3 is 10.4 Å². The molecule has 1 saturated heterocycles. The number of rotatable bonds is 6. The molecule has 6 rings (SSSR count). The molecule has 1 fully saturated rings. The minimum absolute atomic E-state index is 0.120. The van der Waals surface area contributed by atoms with Crippen LogP contribution in [-0.4, -0.2) is 52.1 Å². The summed E-state index contributed by atoms with van der Waals surface area (Å²) >= 11 is 3.51. The number of hydrogen-bond acceptors (Lipinski definition) is 6. The molecule has 3 aromatic carbocycles. The van der Waals surface area contributed by atoms with Gasteiger partial charge in [-0.25, -0.2) is 13.4 Å². The van der Waals surface area contributed by atoms with Gasteiger partial charge in [0, 0.05) is 31.3 Å². The molecular formula is C28H26BrN5O3S. The molecule has 1 unspecified atom stereocenters. The SMILES string of the molecule is O=S(=O)(c1ccc2ccccc2c1)N1CCCC(CNc2cc(-c3ccccc3O)nc3c(Br)cnn23)C1. The molecule has 1 aliphatic heterocycles. The molecule has 0 radical (unpaired) electrons. The molecule has 2 N–H and O–H groups in total. The second-order valence-electron chi connectivity index (χ2n) is 9.53. The van der Waals surface area contributed by atoms with Gasteiger partial charge in [-0.05, 0) is 69.7 Å². The van der Waals surface area contributed by atoms with Crippen molar-refractivity contribution in [2.24, 2.45) is 5.92 Å². The standard InChI is InChI=1S/C28H26BrN5O3S/c29-24-17-31-34-27(15-25(32-28(24)34)23-9-3-4-10-26(23)35)30-16-19-6-5-13-33(18-19)38(36,37)22-12-11-20-7-1-2-8-21(20)14-22/h1-4,7-12,14-15,17,19,30,35H,5-6,13,16,18H2. The van der Waals surface area contributed by atoms with Gasteiger partial charge in [0.05, 0.1) is 21.3 Å². The average Bonchev–Trinajstić information content (AvgIpc) is 3.32. The first-order chi connectivity index (χ1) is 18.4. The molecule has 0 amide bonds. The number of nitrogens with one attached hydrogen (secondary N) is 1. The predicted molar refractivity (Wildman–Crippen MR) is 152 cm³/mol. The van der Waals surface area contributed by atoms with Crippen LogP contribution in [0.25, 0.3) is 27.7 Å². The average molecular weight is 593 g/mol. The largest absolute Gasteiger partial charge is 0.507 e. The van der Waals surface area contributed by atoms with E-state index >= 15 is 0 Å². The molecule has 38 heavy (non-hydrogen) atoms. The summed E-state index contributed by atoms with van der Waals surface area (Å²) in [5.41, 5.74) is 1.86. The fraction of sp³-hybridized carbons (Fsp3) is 0.214. The van der Waals surface area contributed by atoms with E-state index in [1.54, 1.807) is 39.3 Å². The number of nitrogens with zero attached hydrogens (tertiary/aromatic N) is 4. The van der Waals surface area contributed by atoms with Crippen LogP contribution in [-0.2, 0) is 10.0 Å². The van der Waals surface area contributed by atoms with Crippen LogP contribution in [0, 0.1) is 5.92 Å². The van der Waals surface area contributed by atoms with Gasteiger partial charge in [-0.2, -0.15) is 13.9 Å². The van der Waals surface area contributed by atoms with Crippen molar-refractivity contribution in [3.8, 4) is 17.0 Å². The molecule has 1 aliphatic rings. The van der Waals surface area contributed by atoms with E-state index in [4.69, 9.17) is 0 Å². The number of anilines is 1. The number of fused-ring (bicyclic) bond motifs is 2. The third-order valence-electron chi connectivity index (χ3n) is 7.02. The fourth-order valence-electron chi connectivity index (χ4n) is 5.03. The predicted octanol–water partition coefficient (Wildman–Crippen LogP) is 5.53. The van der Waals surface area contributed by atoms with Crippen molar-refractivity contribution in [1.29, 1.82) is 0 Å². The Bertz CT molecular complexity index is 1750. The molecule has 0 aliphatic carbocycles. The van der Waals surface area contributed by atoms with Crippen molar-refractivity contribution in [3.05, 3.63) is 83.5 Å². The minimum atomic E-state index is -3.60. The van der Waals surface area contributed by atoms with Crippen molar-refractivity contribution in [1.82, 2.24) is 18.9 Å². The van der Waals surface area contributed by atoms with E-state index < -0.39 is 10.0 Å². The summed E-state index contributed by atoms with van der Waals surface area (Å²) < 4.78 is 31.1. The highest BCUT2D eigenvalue weighted by Crippen LogP contribution is 2.32. The number of aromatic hydroxyl groups is 1. The van der Waals surface area contributed by atoms with E-state index in [1.807, 2.05) is 48.5 Å². The third-order valence-corrected chi connectivity index (χ3v) is 9.44. The first kappa shape index (κ1) is 24.8. The third kappa shape index (κ3) is 4.63. The number of piperidine rings is 1. The molecule has 0 spiro atoms. The highest BCUT2D eigenvalue weighted by Gasteiger charge is 2.30. The Hall–Kier alpha value is -3.47. The Morgan fingerprint density at radius 1 is 1.03 bits per heavy atom. The van der Waals surface area contributed by atoms with Gasteiger partial charge in [0.2, 0.25) is 10.0 Å². The lowest BCUT2D eigenvalue weighted by Crippen LogP contribution is -2.41. The summed E-state index contributed by atoms with van der Waals surface area (Å²) in [6.45, 7) is 1.51. The molecule has 194 valence electrons. The van der Waals surface area contributed by atoms with Crippen LogP contribution >= 0.6 is 15.9 Å². The molecule has 2 aromatic heterocycles. The van der Waals surface area contributed by atoms with Crippen LogP contribution < -0.4 is 5.32 Å². The van der Waals surface area contributed by atoms with Crippen LogP contribution in [0.3, 0.4) is 0 Å². The molecule has 1 atom stereocenters. The van der Waals surface area contributed by atoms with Crippen molar-refractivity contribution in [3.63, 3.8) is 0 Å². The molecular weight excluding hydrogens is 566 g/mol. The van der Waals surface area contributed by atoms with Gasteiger partial charge in [0.25, 0.3) is 0 Å². The van der Waals surface area contributed by atoms with Crippen molar-refractivity contribution < 1.29 is 13.5 Å². The maximum atomic E-state index is 13.5. The topological polar surface area (TPSA) is 99.8 Å². The van der Waals surface area contributed by atoms with Crippen molar-refractivity contribution >= 4 is 48.2 Å². The number of phenolic OH excluding ortho intramolecular Hbond substituents is 1. The second-order valence-corrected chi connectivity index (χ2v) is 12.3. The zero-order valence-electron chi connectivity index (χ0n) is 20.5. The van der Waals surface area contributed by atoms with E-state index in [2.05, 4.69) is 31.3 Å².